The van der Waals surface area contributed by atoms with E-state index in [-0.39, 0.29) is 5.95 Å². The second-order valence-electron chi connectivity index (χ2n) is 8.08. The average molecular weight is 454 g/mol. The van der Waals surface area contributed by atoms with Crippen molar-refractivity contribution in [3.63, 3.8) is 0 Å². The maximum absolute atomic E-state index is 14.2. The van der Waals surface area contributed by atoms with Crippen LogP contribution in [-0.2, 0) is 11.3 Å². The molecule has 1 N–H and O–H groups in total. The molecule has 0 unspecified atom stereocenters. The van der Waals surface area contributed by atoms with Gasteiger partial charge in [0, 0.05) is 24.7 Å². The van der Waals surface area contributed by atoms with Crippen LogP contribution in [0.3, 0.4) is 0 Å². The van der Waals surface area contributed by atoms with E-state index in [4.69, 9.17) is 9.47 Å². The number of morpholine rings is 1. The van der Waals surface area contributed by atoms with Gasteiger partial charge >= 0.3 is 6.18 Å². The fourth-order valence-electron chi connectivity index (χ4n) is 4.14. The van der Waals surface area contributed by atoms with Crippen molar-refractivity contribution in [2.24, 2.45) is 0 Å². The average Bonchev–Trinajstić information content (AvgIpc) is 3.07. The van der Waals surface area contributed by atoms with Gasteiger partial charge in [0.05, 0.1) is 33.4 Å². The molecular weight excluding hydrogens is 429 g/mol. The zero-order valence-corrected chi connectivity index (χ0v) is 17.8. The molecular formula is C21H25F3N4O4. The molecule has 0 amide bonds. The largest absolute Gasteiger partial charge is 0.496 e. The number of β-amino-alcohol motifs (C(OH)–C–C–N with tert-alkyl or cyclic N) is 1. The molecule has 0 spiro atoms. The Balaban J connectivity index is 1.76. The van der Waals surface area contributed by atoms with Crippen molar-refractivity contribution < 1.29 is 27.8 Å². The summed E-state index contributed by atoms with van der Waals surface area (Å²) in [5.74, 6) is 0.542. The minimum atomic E-state index is -4.67. The van der Waals surface area contributed by atoms with E-state index >= 15 is 0 Å². The van der Waals surface area contributed by atoms with Crippen molar-refractivity contribution in [2.45, 2.75) is 31.3 Å². The first-order valence-corrected chi connectivity index (χ1v) is 10.3. The monoisotopic (exact) mass is 454 g/mol. The Kier molecular flexibility index (Phi) is 5.80. The summed E-state index contributed by atoms with van der Waals surface area (Å²) in [6.07, 6.45) is -5.98. The summed E-state index contributed by atoms with van der Waals surface area (Å²) in [6.45, 7) is 1.83. The fraction of sp³-hybridized carbons (Fsp3) is 0.524. The highest BCUT2D eigenvalue weighted by atomic mass is 19.4. The molecule has 0 aliphatic carbocycles. The van der Waals surface area contributed by atoms with Gasteiger partial charge in [-0.15, -0.1) is 0 Å². The Labute approximate surface area is 182 Å². The summed E-state index contributed by atoms with van der Waals surface area (Å²) >= 11 is 0. The van der Waals surface area contributed by atoms with Crippen LogP contribution in [0.4, 0.5) is 24.9 Å². The van der Waals surface area contributed by atoms with Crippen LogP contribution in [0.15, 0.2) is 35.1 Å². The zero-order valence-electron chi connectivity index (χ0n) is 17.8. The summed E-state index contributed by atoms with van der Waals surface area (Å²) in [4.78, 5) is 20.0. The lowest BCUT2D eigenvalue weighted by atomic mass is 9.99. The zero-order chi connectivity index (χ0) is 23.1. The molecule has 0 radical (unpaired) electrons. The molecule has 2 aliphatic heterocycles. The summed E-state index contributed by atoms with van der Waals surface area (Å²) in [6, 6.07) is 7.84. The summed E-state index contributed by atoms with van der Waals surface area (Å²) in [7, 11) is 1.42. The van der Waals surface area contributed by atoms with Crippen molar-refractivity contribution in [3.8, 4) is 5.75 Å². The highest BCUT2D eigenvalue weighted by Crippen LogP contribution is 2.44. The molecule has 0 bridgehead atoms. The highest BCUT2D eigenvalue weighted by Gasteiger charge is 2.60. The van der Waals surface area contributed by atoms with Crippen molar-refractivity contribution in [1.82, 2.24) is 9.55 Å². The molecule has 3 heterocycles. The number of hydrogen-bond acceptors (Lipinski definition) is 7. The molecule has 4 rings (SSSR count). The van der Waals surface area contributed by atoms with Gasteiger partial charge in [-0.1, -0.05) is 18.2 Å². The van der Waals surface area contributed by atoms with Gasteiger partial charge in [0.2, 0.25) is 5.95 Å². The van der Waals surface area contributed by atoms with Crippen LogP contribution in [0.1, 0.15) is 18.6 Å². The minimum absolute atomic E-state index is 0.118. The fourth-order valence-corrected chi connectivity index (χ4v) is 4.14. The van der Waals surface area contributed by atoms with E-state index in [0.29, 0.717) is 43.4 Å². The lowest BCUT2D eigenvalue weighted by Gasteiger charge is -2.38. The predicted octanol–water partition coefficient (Wildman–Crippen LogP) is 1.96. The molecule has 2 aromatic rings. The van der Waals surface area contributed by atoms with E-state index < -0.39 is 36.5 Å². The van der Waals surface area contributed by atoms with Crippen LogP contribution in [0.5, 0.6) is 5.75 Å². The van der Waals surface area contributed by atoms with Gasteiger partial charge in [0.25, 0.3) is 5.56 Å². The maximum atomic E-state index is 14.2. The molecule has 32 heavy (non-hydrogen) atoms. The second-order valence-corrected chi connectivity index (χ2v) is 8.08. The maximum Gasteiger partial charge on any atom is 0.413 e. The molecule has 8 nitrogen and oxygen atoms in total. The molecule has 1 aromatic carbocycles. The number of aromatic nitrogens is 2. The molecule has 2 atom stereocenters. The van der Waals surface area contributed by atoms with Crippen LogP contribution < -0.4 is 20.1 Å². The number of para-hydroxylation sites is 1. The van der Waals surface area contributed by atoms with E-state index in [0.717, 1.165) is 16.4 Å². The molecule has 1 saturated heterocycles. The number of fused-ring (bicyclic) bond motifs is 1. The van der Waals surface area contributed by atoms with E-state index in [2.05, 4.69) is 4.98 Å². The smallest absolute Gasteiger partial charge is 0.413 e. The third kappa shape index (κ3) is 3.79. The topological polar surface area (TPSA) is 80.1 Å². The SMILES string of the molecule is COc1ccccc1[C@H](O)CN1c2nc(N3CCOCC3)cc(=O)n2C[C@@]1(C)C(F)(F)F. The first-order chi connectivity index (χ1) is 15.2. The highest BCUT2D eigenvalue weighted by molar-refractivity contribution is 5.50. The van der Waals surface area contributed by atoms with Crippen molar-refractivity contribution >= 4 is 11.8 Å². The van der Waals surface area contributed by atoms with Gasteiger partial charge in [-0.2, -0.15) is 18.2 Å². The van der Waals surface area contributed by atoms with Crippen LogP contribution in [0, 0.1) is 0 Å². The number of aliphatic hydroxyl groups is 1. The van der Waals surface area contributed by atoms with E-state index in [1.54, 1.807) is 24.3 Å². The lowest BCUT2D eigenvalue weighted by molar-refractivity contribution is -0.183. The number of anilines is 2. The van der Waals surface area contributed by atoms with Gasteiger partial charge in [-0.25, -0.2) is 0 Å². The minimum Gasteiger partial charge on any atom is -0.496 e. The Morgan fingerprint density at radius 3 is 2.62 bits per heavy atom. The van der Waals surface area contributed by atoms with Crippen LogP contribution in [-0.4, -0.2) is 66.3 Å². The first kappa shape index (κ1) is 22.4. The molecule has 2 aliphatic rings. The number of methoxy groups -OCH3 is 1. The number of rotatable bonds is 5. The quantitative estimate of drug-likeness (QED) is 0.740. The number of ether oxygens (including phenoxy) is 2. The first-order valence-electron chi connectivity index (χ1n) is 10.3. The van der Waals surface area contributed by atoms with E-state index in [9.17, 15) is 23.1 Å². The van der Waals surface area contributed by atoms with Crippen molar-refractivity contribution in [1.29, 1.82) is 0 Å². The Morgan fingerprint density at radius 1 is 1.28 bits per heavy atom. The second kappa shape index (κ2) is 8.28. The van der Waals surface area contributed by atoms with Gasteiger partial charge in [0.15, 0.2) is 5.54 Å². The van der Waals surface area contributed by atoms with Gasteiger partial charge in [-0.05, 0) is 13.0 Å². The summed E-state index contributed by atoms with van der Waals surface area (Å²) in [5.41, 5.74) is -2.63. The molecule has 1 aromatic heterocycles. The van der Waals surface area contributed by atoms with Gasteiger partial charge in [-0.3, -0.25) is 9.36 Å². The lowest BCUT2D eigenvalue weighted by Crippen LogP contribution is -2.57. The van der Waals surface area contributed by atoms with Gasteiger partial charge in [0.1, 0.15) is 17.7 Å². The number of benzene rings is 1. The number of halogens is 3. The van der Waals surface area contributed by atoms with Crippen molar-refractivity contribution in [3.05, 3.63) is 46.2 Å². The van der Waals surface area contributed by atoms with Gasteiger partial charge < -0.3 is 24.4 Å². The summed E-state index contributed by atoms with van der Waals surface area (Å²) in [5, 5.41) is 10.9. The van der Waals surface area contributed by atoms with E-state index in [1.165, 1.54) is 13.2 Å². The predicted molar refractivity (Wildman–Crippen MR) is 111 cm³/mol. The Hall–Kier alpha value is -2.79. The third-order valence-electron chi connectivity index (χ3n) is 6.08. The van der Waals surface area contributed by atoms with Crippen LogP contribution in [0.25, 0.3) is 0 Å². The number of nitrogens with zero attached hydrogens (tertiary/aromatic N) is 4. The molecule has 11 heteroatoms. The molecule has 1 fully saturated rings. The van der Waals surface area contributed by atoms with Crippen LogP contribution in [0.2, 0.25) is 0 Å². The molecule has 0 saturated carbocycles. The van der Waals surface area contributed by atoms with Crippen molar-refractivity contribution in [2.75, 3.05) is 49.8 Å². The molecule has 174 valence electrons. The van der Waals surface area contributed by atoms with E-state index in [1.807, 2.05) is 4.90 Å². The summed E-state index contributed by atoms with van der Waals surface area (Å²) < 4.78 is 54.3. The number of alkyl halides is 3. The standard InChI is InChI=1S/C21H25F3N4O4/c1-20(21(22,23)24)13-27-18(30)11-17(26-7-9-32-10-8-26)25-19(27)28(20)12-15(29)14-5-3-4-6-16(14)31-2/h3-6,11,15,29H,7-10,12-13H2,1-2H3/t15-,20+/m1/s1. The normalized spacial score (nSPS) is 22.1. The Bertz CT molecular complexity index is 1040. The van der Waals surface area contributed by atoms with Crippen LogP contribution >= 0.6 is 0 Å². The third-order valence-corrected chi connectivity index (χ3v) is 6.08. The number of aliphatic hydroxyl groups excluding tert-OH is 1. The number of hydrogen-bond donors (Lipinski definition) is 1. The Morgan fingerprint density at radius 2 is 1.97 bits per heavy atom.